The molecule has 2 nitrogen and oxygen atoms in total. The Bertz CT molecular complexity index is 369. The van der Waals surface area contributed by atoms with E-state index in [-0.39, 0.29) is 11.4 Å². The van der Waals surface area contributed by atoms with Gasteiger partial charge in [-0.25, -0.2) is 4.39 Å². The zero-order chi connectivity index (χ0) is 13.6. The molecule has 0 aliphatic heterocycles. The van der Waals surface area contributed by atoms with Gasteiger partial charge in [-0.05, 0) is 58.8 Å². The van der Waals surface area contributed by atoms with Crippen molar-refractivity contribution in [1.82, 2.24) is 10.6 Å². The van der Waals surface area contributed by atoms with Crippen molar-refractivity contribution in [3.63, 3.8) is 0 Å². The molecule has 1 aromatic carbocycles. The van der Waals surface area contributed by atoms with Crippen molar-refractivity contribution in [3.05, 3.63) is 35.1 Å². The van der Waals surface area contributed by atoms with Gasteiger partial charge >= 0.3 is 0 Å². The van der Waals surface area contributed by atoms with Crippen molar-refractivity contribution < 1.29 is 4.39 Å². The number of halogens is 1. The Morgan fingerprint density at radius 2 is 1.89 bits per heavy atom. The van der Waals surface area contributed by atoms with Crippen LogP contribution in [0.5, 0.6) is 0 Å². The second-order valence-electron chi connectivity index (χ2n) is 5.80. The highest BCUT2D eigenvalue weighted by Crippen LogP contribution is 2.09. The fourth-order valence-corrected chi connectivity index (χ4v) is 1.70. The summed E-state index contributed by atoms with van der Waals surface area (Å²) in [7, 11) is 0. The van der Waals surface area contributed by atoms with Gasteiger partial charge in [-0.15, -0.1) is 0 Å². The first-order valence-electron chi connectivity index (χ1n) is 6.59. The van der Waals surface area contributed by atoms with E-state index < -0.39 is 0 Å². The summed E-state index contributed by atoms with van der Waals surface area (Å²) in [5.41, 5.74) is 1.87. The first-order chi connectivity index (χ1) is 8.38. The van der Waals surface area contributed by atoms with Crippen LogP contribution in [-0.4, -0.2) is 18.6 Å². The smallest absolute Gasteiger partial charge is 0.127 e. The summed E-state index contributed by atoms with van der Waals surface area (Å²) in [6, 6.07) is 5.38. The predicted octanol–water partition coefficient (Wildman–Crippen LogP) is 3.00. The molecule has 102 valence electrons. The van der Waals surface area contributed by atoms with Crippen LogP contribution in [0.4, 0.5) is 4.39 Å². The molecule has 18 heavy (non-hydrogen) atoms. The molecule has 0 saturated heterocycles. The third-order valence-electron chi connectivity index (χ3n) is 2.71. The molecule has 3 heteroatoms. The molecule has 1 rings (SSSR count). The molecule has 0 aliphatic carbocycles. The molecule has 0 spiro atoms. The molecule has 1 aromatic rings. The van der Waals surface area contributed by atoms with E-state index in [9.17, 15) is 4.39 Å². The van der Waals surface area contributed by atoms with Crippen LogP contribution in [0.1, 0.15) is 38.3 Å². The van der Waals surface area contributed by atoms with E-state index in [0.717, 1.165) is 30.6 Å². The van der Waals surface area contributed by atoms with Crippen LogP contribution in [0, 0.1) is 12.7 Å². The first kappa shape index (κ1) is 15.1. The lowest BCUT2D eigenvalue weighted by molar-refractivity contribution is 0.418. The van der Waals surface area contributed by atoms with Gasteiger partial charge in [-0.1, -0.05) is 12.1 Å². The standard InChI is InChI=1S/C15H25FN2/c1-12-6-7-13(14(16)10-12)11-17-8-5-9-18-15(2,3)4/h6-7,10,17-18H,5,8-9,11H2,1-4H3. The summed E-state index contributed by atoms with van der Waals surface area (Å²) in [5.74, 6) is -0.115. The van der Waals surface area contributed by atoms with Gasteiger partial charge in [0.25, 0.3) is 0 Å². The second kappa shape index (κ2) is 6.86. The molecule has 0 atom stereocenters. The van der Waals surface area contributed by atoms with Crippen molar-refractivity contribution >= 4 is 0 Å². The van der Waals surface area contributed by atoms with Gasteiger partial charge in [0.15, 0.2) is 0 Å². The van der Waals surface area contributed by atoms with Crippen LogP contribution < -0.4 is 10.6 Å². The van der Waals surface area contributed by atoms with Crippen LogP contribution in [0.25, 0.3) is 0 Å². The van der Waals surface area contributed by atoms with Gasteiger partial charge in [0.05, 0.1) is 0 Å². The normalized spacial score (nSPS) is 11.8. The quantitative estimate of drug-likeness (QED) is 0.761. The van der Waals surface area contributed by atoms with Gasteiger partial charge < -0.3 is 10.6 Å². The van der Waals surface area contributed by atoms with E-state index in [1.807, 2.05) is 19.1 Å². The molecule has 0 bridgehead atoms. The highest BCUT2D eigenvalue weighted by molar-refractivity contribution is 5.23. The van der Waals surface area contributed by atoms with Crippen molar-refractivity contribution in [2.75, 3.05) is 13.1 Å². The monoisotopic (exact) mass is 252 g/mol. The van der Waals surface area contributed by atoms with E-state index in [2.05, 4.69) is 31.4 Å². The molecule has 2 N–H and O–H groups in total. The molecule has 0 aromatic heterocycles. The minimum absolute atomic E-state index is 0.115. The van der Waals surface area contributed by atoms with Crippen molar-refractivity contribution in [2.24, 2.45) is 0 Å². The SMILES string of the molecule is Cc1ccc(CNCCCNC(C)(C)C)c(F)c1. The van der Waals surface area contributed by atoms with Gasteiger partial charge in [0.2, 0.25) is 0 Å². The van der Waals surface area contributed by atoms with Crippen LogP contribution in [0.3, 0.4) is 0 Å². The second-order valence-corrected chi connectivity index (χ2v) is 5.80. The van der Waals surface area contributed by atoms with Crippen molar-refractivity contribution in [2.45, 2.75) is 46.2 Å². The Morgan fingerprint density at radius 3 is 2.50 bits per heavy atom. The molecule has 0 aliphatic rings. The summed E-state index contributed by atoms with van der Waals surface area (Å²) < 4.78 is 13.5. The maximum atomic E-state index is 13.5. The van der Waals surface area contributed by atoms with E-state index in [1.165, 1.54) is 0 Å². The summed E-state index contributed by atoms with van der Waals surface area (Å²) in [5, 5.41) is 6.69. The Labute approximate surface area is 110 Å². The Balaban J connectivity index is 2.18. The molecular formula is C15H25FN2. The summed E-state index contributed by atoms with van der Waals surface area (Å²) in [6.07, 6.45) is 1.05. The fraction of sp³-hybridized carbons (Fsp3) is 0.600. The highest BCUT2D eigenvalue weighted by atomic mass is 19.1. The molecule has 0 amide bonds. The summed E-state index contributed by atoms with van der Waals surface area (Å²) >= 11 is 0. The fourth-order valence-electron chi connectivity index (χ4n) is 1.70. The van der Waals surface area contributed by atoms with Crippen molar-refractivity contribution in [3.8, 4) is 0 Å². The minimum atomic E-state index is -0.115. The number of aryl methyl sites for hydroxylation is 1. The van der Waals surface area contributed by atoms with E-state index >= 15 is 0 Å². The summed E-state index contributed by atoms with van der Waals surface area (Å²) in [4.78, 5) is 0. The van der Waals surface area contributed by atoms with E-state index in [1.54, 1.807) is 6.07 Å². The number of hydrogen-bond acceptors (Lipinski definition) is 2. The maximum absolute atomic E-state index is 13.5. The number of rotatable bonds is 6. The maximum Gasteiger partial charge on any atom is 0.127 e. The number of hydrogen-bond donors (Lipinski definition) is 2. The molecular weight excluding hydrogens is 227 g/mol. The third kappa shape index (κ3) is 6.12. The molecule has 0 unspecified atom stereocenters. The Kier molecular flexibility index (Phi) is 5.76. The van der Waals surface area contributed by atoms with Gasteiger partial charge in [-0.3, -0.25) is 0 Å². The number of benzene rings is 1. The van der Waals surface area contributed by atoms with Crippen LogP contribution in [0.2, 0.25) is 0 Å². The van der Waals surface area contributed by atoms with Gasteiger partial charge in [0.1, 0.15) is 5.82 Å². The van der Waals surface area contributed by atoms with Gasteiger partial charge in [0, 0.05) is 17.6 Å². The van der Waals surface area contributed by atoms with Crippen LogP contribution in [0.15, 0.2) is 18.2 Å². The lowest BCUT2D eigenvalue weighted by atomic mass is 10.1. The zero-order valence-corrected chi connectivity index (χ0v) is 11.9. The third-order valence-corrected chi connectivity index (χ3v) is 2.71. The Hall–Kier alpha value is -0.930. The van der Waals surface area contributed by atoms with Crippen molar-refractivity contribution in [1.29, 1.82) is 0 Å². The number of nitrogens with one attached hydrogen (secondary N) is 2. The van der Waals surface area contributed by atoms with Gasteiger partial charge in [-0.2, -0.15) is 0 Å². The molecule has 0 saturated carbocycles. The first-order valence-corrected chi connectivity index (χ1v) is 6.59. The lowest BCUT2D eigenvalue weighted by Crippen LogP contribution is -2.37. The average Bonchev–Trinajstić information content (AvgIpc) is 2.24. The van der Waals surface area contributed by atoms with E-state index in [0.29, 0.717) is 6.54 Å². The topological polar surface area (TPSA) is 24.1 Å². The molecule has 0 radical (unpaired) electrons. The lowest BCUT2D eigenvalue weighted by Gasteiger charge is -2.20. The largest absolute Gasteiger partial charge is 0.313 e. The minimum Gasteiger partial charge on any atom is -0.313 e. The van der Waals surface area contributed by atoms with Crippen LogP contribution >= 0.6 is 0 Å². The van der Waals surface area contributed by atoms with E-state index in [4.69, 9.17) is 0 Å². The zero-order valence-electron chi connectivity index (χ0n) is 11.9. The molecule has 0 fully saturated rings. The predicted molar refractivity (Wildman–Crippen MR) is 75.2 cm³/mol. The average molecular weight is 252 g/mol. The Morgan fingerprint density at radius 1 is 1.17 bits per heavy atom. The highest BCUT2D eigenvalue weighted by Gasteiger charge is 2.07. The molecule has 0 heterocycles. The summed E-state index contributed by atoms with van der Waals surface area (Å²) in [6.45, 7) is 10.8. The van der Waals surface area contributed by atoms with Crippen LogP contribution in [-0.2, 0) is 6.54 Å².